The summed E-state index contributed by atoms with van der Waals surface area (Å²) in [6.45, 7) is 3.37. The Morgan fingerprint density at radius 1 is 1.36 bits per heavy atom. The topological polar surface area (TPSA) is 126 Å². The number of aryl methyl sites for hydroxylation is 1. The van der Waals surface area contributed by atoms with E-state index in [9.17, 15) is 19.7 Å². The summed E-state index contributed by atoms with van der Waals surface area (Å²) in [5, 5.41) is 16.2. The number of benzene rings is 2. The van der Waals surface area contributed by atoms with Crippen molar-refractivity contribution < 1.29 is 19.2 Å². The van der Waals surface area contributed by atoms with Gasteiger partial charge in [-0.2, -0.15) is 9.78 Å². The SMILES string of the molecule is CCCc1nc2ccc(Br)cc2c(=O)n1N=Cc1cccc([N+](=O)[O-])c1O[C@@H](C)C(=O)OC. The fraction of sp³-hybridized carbons (Fsp3) is 0.273. The first-order valence-electron chi connectivity index (χ1n) is 10.0. The van der Waals surface area contributed by atoms with Crippen LogP contribution in [0.4, 0.5) is 5.69 Å². The van der Waals surface area contributed by atoms with Gasteiger partial charge in [0.1, 0.15) is 5.82 Å². The number of carbonyl (C=O) groups is 1. The summed E-state index contributed by atoms with van der Waals surface area (Å²) in [7, 11) is 1.19. The smallest absolute Gasteiger partial charge is 0.346 e. The van der Waals surface area contributed by atoms with E-state index in [1.165, 1.54) is 43.1 Å². The van der Waals surface area contributed by atoms with Crippen molar-refractivity contribution in [3.05, 3.63) is 72.7 Å². The number of halogens is 1. The normalized spacial score (nSPS) is 12.1. The average Bonchev–Trinajstić information content (AvgIpc) is 2.79. The number of hydrogen-bond acceptors (Lipinski definition) is 8. The number of nitrogens with zero attached hydrogens (tertiary/aromatic N) is 4. The first-order chi connectivity index (χ1) is 15.8. The molecule has 0 saturated heterocycles. The Bertz CT molecular complexity index is 1300. The van der Waals surface area contributed by atoms with Gasteiger partial charge in [0.05, 0.1) is 29.2 Å². The quantitative estimate of drug-likeness (QED) is 0.192. The minimum Gasteiger partial charge on any atom is -0.471 e. The number of carbonyl (C=O) groups excluding carboxylic acids is 1. The van der Waals surface area contributed by atoms with Gasteiger partial charge in [-0.1, -0.05) is 28.9 Å². The molecule has 1 atom stereocenters. The summed E-state index contributed by atoms with van der Waals surface area (Å²) in [6, 6.07) is 9.45. The van der Waals surface area contributed by atoms with Crippen LogP contribution in [0.5, 0.6) is 5.75 Å². The van der Waals surface area contributed by atoms with Crippen LogP contribution in [-0.2, 0) is 16.0 Å². The van der Waals surface area contributed by atoms with Crippen LogP contribution in [0, 0.1) is 10.1 Å². The molecule has 0 aliphatic rings. The van der Waals surface area contributed by atoms with Gasteiger partial charge >= 0.3 is 11.7 Å². The molecule has 0 N–H and O–H groups in total. The van der Waals surface area contributed by atoms with Crippen LogP contribution in [0.25, 0.3) is 10.9 Å². The number of para-hydroxylation sites is 1. The van der Waals surface area contributed by atoms with Crippen molar-refractivity contribution in [2.75, 3.05) is 7.11 Å². The number of aromatic nitrogens is 2. The molecule has 0 fully saturated rings. The maximum atomic E-state index is 13.2. The fourth-order valence-corrected chi connectivity index (χ4v) is 3.49. The number of esters is 1. The lowest BCUT2D eigenvalue weighted by Crippen LogP contribution is -2.26. The van der Waals surface area contributed by atoms with Gasteiger partial charge in [0, 0.05) is 22.5 Å². The molecular formula is C22H21BrN4O6. The van der Waals surface area contributed by atoms with Gasteiger partial charge in [-0.25, -0.2) is 9.78 Å². The summed E-state index contributed by atoms with van der Waals surface area (Å²) in [6.07, 6.45) is 1.40. The summed E-state index contributed by atoms with van der Waals surface area (Å²) in [5.74, 6) is -0.406. The third-order valence-electron chi connectivity index (χ3n) is 4.71. The van der Waals surface area contributed by atoms with Crippen LogP contribution in [0.15, 0.2) is 50.8 Å². The third-order valence-corrected chi connectivity index (χ3v) is 5.20. The van der Waals surface area contributed by atoms with Gasteiger partial charge in [-0.3, -0.25) is 14.9 Å². The van der Waals surface area contributed by atoms with E-state index in [1.807, 2.05) is 6.92 Å². The van der Waals surface area contributed by atoms with E-state index in [-0.39, 0.29) is 22.6 Å². The van der Waals surface area contributed by atoms with E-state index < -0.39 is 17.0 Å². The van der Waals surface area contributed by atoms with E-state index in [2.05, 4.69) is 30.8 Å². The van der Waals surface area contributed by atoms with Crippen molar-refractivity contribution in [3.8, 4) is 5.75 Å². The van der Waals surface area contributed by atoms with Gasteiger partial charge in [-0.05, 0) is 37.6 Å². The second-order valence-corrected chi connectivity index (χ2v) is 7.95. The van der Waals surface area contributed by atoms with Crippen molar-refractivity contribution in [3.63, 3.8) is 0 Å². The zero-order chi connectivity index (χ0) is 24.1. The summed E-state index contributed by atoms with van der Waals surface area (Å²) in [4.78, 5) is 40.4. The number of fused-ring (bicyclic) bond motifs is 1. The molecule has 0 radical (unpaired) electrons. The minimum atomic E-state index is -1.10. The molecule has 33 heavy (non-hydrogen) atoms. The lowest BCUT2D eigenvalue weighted by Gasteiger charge is -2.14. The van der Waals surface area contributed by atoms with Gasteiger partial charge in [-0.15, -0.1) is 0 Å². The fourth-order valence-electron chi connectivity index (χ4n) is 3.13. The van der Waals surface area contributed by atoms with Crippen LogP contribution in [0.2, 0.25) is 0 Å². The molecule has 0 aliphatic heterocycles. The van der Waals surface area contributed by atoms with Gasteiger partial charge < -0.3 is 9.47 Å². The molecule has 10 nitrogen and oxygen atoms in total. The standard InChI is InChI=1S/C22H21BrN4O6/c1-4-6-19-25-17-10-9-15(23)11-16(17)21(28)26(19)24-12-14-7-5-8-18(27(30)31)20(14)33-13(2)22(29)32-3/h5,7-13H,4,6H2,1-3H3/t13-/m0/s1. The molecule has 0 bridgehead atoms. The first-order valence-corrected chi connectivity index (χ1v) is 10.8. The van der Waals surface area contributed by atoms with Crippen molar-refractivity contribution in [2.45, 2.75) is 32.8 Å². The number of hydrogen-bond donors (Lipinski definition) is 0. The van der Waals surface area contributed by atoms with Crippen LogP contribution in [0.3, 0.4) is 0 Å². The van der Waals surface area contributed by atoms with Crippen LogP contribution >= 0.6 is 15.9 Å². The van der Waals surface area contributed by atoms with E-state index in [0.717, 1.165) is 10.9 Å². The van der Waals surface area contributed by atoms with Crippen LogP contribution in [0.1, 0.15) is 31.7 Å². The van der Waals surface area contributed by atoms with Crippen LogP contribution < -0.4 is 10.3 Å². The molecule has 3 rings (SSSR count). The molecule has 3 aromatic rings. The Labute approximate surface area is 197 Å². The van der Waals surface area contributed by atoms with Gasteiger partial charge in [0.2, 0.25) is 5.75 Å². The second kappa shape index (κ2) is 10.3. The second-order valence-electron chi connectivity index (χ2n) is 7.04. The summed E-state index contributed by atoms with van der Waals surface area (Å²) >= 11 is 3.36. The van der Waals surface area contributed by atoms with Gasteiger partial charge in [0.15, 0.2) is 6.10 Å². The predicted molar refractivity (Wildman–Crippen MR) is 126 cm³/mol. The number of nitro groups is 1. The van der Waals surface area contributed by atoms with Gasteiger partial charge in [0.25, 0.3) is 5.56 Å². The number of ether oxygens (including phenoxy) is 2. The Kier molecular flexibility index (Phi) is 7.54. The highest BCUT2D eigenvalue weighted by molar-refractivity contribution is 9.10. The lowest BCUT2D eigenvalue weighted by molar-refractivity contribution is -0.386. The zero-order valence-corrected chi connectivity index (χ0v) is 19.7. The molecule has 0 amide bonds. The molecule has 2 aromatic carbocycles. The highest BCUT2D eigenvalue weighted by Crippen LogP contribution is 2.31. The zero-order valence-electron chi connectivity index (χ0n) is 18.1. The monoisotopic (exact) mass is 516 g/mol. The molecule has 0 spiro atoms. The van der Waals surface area contributed by atoms with E-state index in [0.29, 0.717) is 23.1 Å². The largest absolute Gasteiger partial charge is 0.471 e. The van der Waals surface area contributed by atoms with E-state index in [4.69, 9.17) is 4.74 Å². The minimum absolute atomic E-state index is 0.161. The number of rotatable bonds is 8. The first kappa shape index (κ1) is 24.1. The molecule has 0 aliphatic carbocycles. The maximum Gasteiger partial charge on any atom is 0.346 e. The van der Waals surface area contributed by atoms with Crippen molar-refractivity contribution in [1.29, 1.82) is 0 Å². The van der Waals surface area contributed by atoms with Crippen LogP contribution in [-0.4, -0.2) is 40.0 Å². The molecular weight excluding hydrogens is 496 g/mol. The van der Waals surface area contributed by atoms with Crippen molar-refractivity contribution >= 4 is 44.7 Å². The Hall–Kier alpha value is -3.60. The molecule has 0 saturated carbocycles. The average molecular weight is 517 g/mol. The maximum absolute atomic E-state index is 13.2. The predicted octanol–water partition coefficient (Wildman–Crippen LogP) is 3.84. The van der Waals surface area contributed by atoms with E-state index >= 15 is 0 Å². The molecule has 172 valence electrons. The Morgan fingerprint density at radius 3 is 2.79 bits per heavy atom. The summed E-state index contributed by atoms with van der Waals surface area (Å²) < 4.78 is 12.1. The highest BCUT2D eigenvalue weighted by Gasteiger charge is 2.24. The lowest BCUT2D eigenvalue weighted by atomic mass is 10.2. The Balaban J connectivity index is 2.15. The highest BCUT2D eigenvalue weighted by atomic mass is 79.9. The molecule has 1 heterocycles. The third kappa shape index (κ3) is 5.25. The van der Waals surface area contributed by atoms with E-state index in [1.54, 1.807) is 18.2 Å². The molecule has 1 aromatic heterocycles. The number of nitro benzene ring substituents is 1. The van der Waals surface area contributed by atoms with Crippen molar-refractivity contribution in [2.24, 2.45) is 5.10 Å². The van der Waals surface area contributed by atoms with Crippen molar-refractivity contribution in [1.82, 2.24) is 9.66 Å². The summed E-state index contributed by atoms with van der Waals surface area (Å²) in [5.41, 5.74) is 0.0289. The number of methoxy groups -OCH3 is 1. The molecule has 0 unspecified atom stereocenters. The Morgan fingerprint density at radius 2 is 2.12 bits per heavy atom. The molecule has 11 heteroatoms.